The largest absolute Gasteiger partial charge is 0.343 e. The van der Waals surface area contributed by atoms with Crippen molar-refractivity contribution in [3.8, 4) is 12.3 Å². The Morgan fingerprint density at radius 1 is 1.10 bits per heavy atom. The molecule has 0 bridgehead atoms. The number of anilines is 1. The summed E-state index contributed by atoms with van der Waals surface area (Å²) in [6, 6.07) is 12.8. The maximum absolute atomic E-state index is 14.8. The first kappa shape index (κ1) is 43.6. The van der Waals surface area contributed by atoms with Gasteiger partial charge >= 0.3 is 0 Å². The third-order valence-corrected chi connectivity index (χ3v) is 8.03. The van der Waals surface area contributed by atoms with E-state index in [9.17, 15) is 22.8 Å². The third-order valence-electron chi connectivity index (χ3n) is 8.03. The number of nitrogens with zero attached hydrogens (tertiary/aromatic N) is 7. The molecule has 12 heteroatoms. The molecular formula is C38H54F3N7O2. The number of allylic oxidation sites excluding steroid dienone is 1. The molecule has 1 aromatic heterocycles. The second-order valence-electron chi connectivity index (χ2n) is 12.0. The molecule has 3 aromatic rings. The lowest BCUT2D eigenvalue weighted by Crippen LogP contribution is -2.45. The number of alkyl halides is 2. The summed E-state index contributed by atoms with van der Waals surface area (Å²) < 4.78 is 36.0. The van der Waals surface area contributed by atoms with Crippen LogP contribution in [0, 0.1) is 31.0 Å². The monoisotopic (exact) mass is 697 g/mol. The summed E-state index contributed by atoms with van der Waals surface area (Å²) >= 11 is 0. The summed E-state index contributed by atoms with van der Waals surface area (Å²) in [5.41, 5.74) is 3.01. The molecule has 0 N–H and O–H groups in total. The fraction of sp³-hybridized carbons (Fsp3) is 0.474. The molecule has 50 heavy (non-hydrogen) atoms. The van der Waals surface area contributed by atoms with E-state index < -0.39 is 6.93 Å². The van der Waals surface area contributed by atoms with Crippen LogP contribution in [-0.4, -0.2) is 95.5 Å². The maximum atomic E-state index is 14.8. The standard InChI is InChI=1S/C21H24FN3O2.C8H15N3.C8H13N.CH2F2/c1-17-11-18(13-23-7-9-24(15-26)10-8-23)12-21(22)20(17)14-25(16-27)19-5-3-2-4-6-19;1-4-7(2)5-8-10-9-6-11(8)3;1-4-6-8-9(3)7-5-2;2-1-3/h2-6,11-12,15-16H,7-10,13-14H2,1H3;6-7H,4-5H2,1-3H3;2,4,6H,7-8H2,1,3H3;1H2/b;;6-4+;. The number of aromatic nitrogens is 3. The minimum Gasteiger partial charge on any atom is -0.343 e. The highest BCUT2D eigenvalue weighted by atomic mass is 19.3. The molecule has 9 nitrogen and oxygen atoms in total. The molecule has 2 aromatic carbocycles. The summed E-state index contributed by atoms with van der Waals surface area (Å²) in [6.07, 6.45) is 14.8. The molecule has 1 aliphatic rings. The normalized spacial score (nSPS) is 13.2. The number of aryl methyl sites for hydroxylation is 2. The zero-order valence-electron chi connectivity index (χ0n) is 30.4. The fourth-order valence-electron chi connectivity index (χ4n) is 4.85. The lowest BCUT2D eigenvalue weighted by molar-refractivity contribution is -0.119. The highest BCUT2D eigenvalue weighted by Gasteiger charge is 2.18. The fourth-order valence-corrected chi connectivity index (χ4v) is 4.85. The average Bonchev–Trinajstić information content (AvgIpc) is 3.52. The van der Waals surface area contributed by atoms with Crippen molar-refractivity contribution in [2.24, 2.45) is 13.0 Å². The van der Waals surface area contributed by atoms with E-state index in [0.29, 0.717) is 31.1 Å². The van der Waals surface area contributed by atoms with E-state index >= 15 is 0 Å². The van der Waals surface area contributed by atoms with Gasteiger partial charge in [-0.2, -0.15) is 0 Å². The highest BCUT2D eigenvalue weighted by Crippen LogP contribution is 2.22. The zero-order chi connectivity index (χ0) is 37.3. The van der Waals surface area contributed by atoms with E-state index in [1.165, 1.54) is 11.3 Å². The summed E-state index contributed by atoms with van der Waals surface area (Å²) in [5, 5.41) is 7.84. The van der Waals surface area contributed by atoms with Crippen molar-refractivity contribution in [3.05, 3.63) is 89.3 Å². The molecule has 1 saturated heterocycles. The number of amides is 2. The number of para-hydroxylation sites is 1. The second-order valence-corrected chi connectivity index (χ2v) is 12.0. The number of hydrogen-bond acceptors (Lipinski definition) is 6. The highest BCUT2D eigenvalue weighted by molar-refractivity contribution is 5.75. The van der Waals surface area contributed by atoms with E-state index in [2.05, 4.69) is 45.8 Å². The van der Waals surface area contributed by atoms with E-state index in [1.54, 1.807) is 17.3 Å². The first-order valence-corrected chi connectivity index (χ1v) is 16.7. The molecule has 0 saturated carbocycles. The number of piperazine rings is 1. The Bertz CT molecular complexity index is 1410. The minimum atomic E-state index is -1.75. The quantitative estimate of drug-likeness (QED) is 0.124. The Balaban J connectivity index is 0.000000445. The minimum absolute atomic E-state index is 0.198. The SMILES string of the molecule is C#CCN(C)C/C=C/C.CCC(C)Cc1nncn1C.Cc1cc(CN2CCN(C=O)CC2)cc(F)c1CN(C=O)c1ccccc1.FCF. The van der Waals surface area contributed by atoms with Gasteiger partial charge in [0.1, 0.15) is 18.0 Å². The van der Waals surface area contributed by atoms with Gasteiger partial charge in [-0.1, -0.05) is 62.6 Å². The lowest BCUT2D eigenvalue weighted by atomic mass is 10.0. The van der Waals surface area contributed by atoms with Crippen LogP contribution in [0.25, 0.3) is 0 Å². The zero-order valence-corrected chi connectivity index (χ0v) is 30.4. The topological polar surface area (TPSA) is 77.8 Å². The summed E-state index contributed by atoms with van der Waals surface area (Å²) in [5.74, 6) is 4.07. The smallest absolute Gasteiger partial charge is 0.229 e. The predicted octanol–water partition coefficient (Wildman–Crippen LogP) is 5.99. The summed E-state index contributed by atoms with van der Waals surface area (Å²) in [4.78, 5) is 29.8. The Labute approximate surface area is 296 Å². The van der Waals surface area contributed by atoms with Crippen LogP contribution in [0.5, 0.6) is 0 Å². The van der Waals surface area contributed by atoms with Gasteiger partial charge in [0.05, 0.1) is 13.1 Å². The van der Waals surface area contributed by atoms with Gasteiger partial charge in [-0.15, -0.1) is 16.6 Å². The van der Waals surface area contributed by atoms with E-state index in [-0.39, 0.29) is 12.4 Å². The number of likely N-dealkylation sites (N-methyl/N-ethyl adjacent to an activating group) is 1. The van der Waals surface area contributed by atoms with Crippen LogP contribution in [0.15, 0.2) is 60.9 Å². The molecule has 274 valence electrons. The molecule has 0 aliphatic carbocycles. The van der Waals surface area contributed by atoms with Crippen LogP contribution < -0.4 is 4.90 Å². The first-order valence-electron chi connectivity index (χ1n) is 16.7. The molecule has 2 amide bonds. The Kier molecular flexibility index (Phi) is 22.2. The number of halogens is 3. The van der Waals surface area contributed by atoms with Gasteiger partial charge in [-0.3, -0.25) is 19.4 Å². The Morgan fingerprint density at radius 3 is 2.26 bits per heavy atom. The number of benzene rings is 2. The van der Waals surface area contributed by atoms with Crippen LogP contribution in [0.2, 0.25) is 0 Å². The number of terminal acetylenes is 1. The molecular weight excluding hydrogens is 643 g/mol. The summed E-state index contributed by atoms with van der Waals surface area (Å²) in [6.45, 7) is 12.1. The molecule has 0 spiro atoms. The van der Waals surface area contributed by atoms with E-state index in [4.69, 9.17) is 6.42 Å². The number of hydrogen-bond donors (Lipinski definition) is 0. The van der Waals surface area contributed by atoms with Crippen LogP contribution in [0.3, 0.4) is 0 Å². The van der Waals surface area contributed by atoms with Crippen molar-refractivity contribution < 1.29 is 22.8 Å². The predicted molar refractivity (Wildman–Crippen MR) is 195 cm³/mol. The van der Waals surface area contributed by atoms with Crippen LogP contribution in [-0.2, 0) is 36.1 Å². The molecule has 4 rings (SSSR count). The molecule has 1 unspecified atom stereocenters. The second kappa shape index (κ2) is 25.5. The first-order chi connectivity index (χ1) is 24.1. The van der Waals surface area contributed by atoms with Crippen LogP contribution in [0.1, 0.15) is 49.7 Å². The Hall–Kier alpha value is -4.47. The van der Waals surface area contributed by atoms with Crippen molar-refractivity contribution >= 4 is 18.5 Å². The van der Waals surface area contributed by atoms with Crippen molar-refractivity contribution in [1.82, 2.24) is 29.5 Å². The maximum Gasteiger partial charge on any atom is 0.229 e. The van der Waals surface area contributed by atoms with Gasteiger partial charge in [-0.05, 0) is 56.1 Å². The lowest BCUT2D eigenvalue weighted by Gasteiger charge is -2.32. The molecule has 1 atom stereocenters. The van der Waals surface area contributed by atoms with Gasteiger partial charge in [0.25, 0.3) is 0 Å². The molecule has 1 fully saturated rings. The van der Waals surface area contributed by atoms with Crippen molar-refractivity contribution in [2.75, 3.05) is 58.1 Å². The number of carbonyl (C=O) groups excluding carboxylic acids is 2. The van der Waals surface area contributed by atoms with E-state index in [0.717, 1.165) is 68.1 Å². The molecule has 0 radical (unpaired) electrons. The van der Waals surface area contributed by atoms with Gasteiger partial charge in [0.15, 0.2) is 0 Å². The van der Waals surface area contributed by atoms with Crippen LogP contribution >= 0.6 is 0 Å². The molecule has 1 aliphatic heterocycles. The van der Waals surface area contributed by atoms with Gasteiger partial charge in [-0.25, -0.2) is 13.2 Å². The number of rotatable bonds is 13. The van der Waals surface area contributed by atoms with Crippen molar-refractivity contribution in [2.45, 2.75) is 53.6 Å². The number of carbonyl (C=O) groups is 2. The van der Waals surface area contributed by atoms with Gasteiger partial charge in [0.2, 0.25) is 19.7 Å². The van der Waals surface area contributed by atoms with Gasteiger partial charge < -0.3 is 14.4 Å². The van der Waals surface area contributed by atoms with E-state index in [1.807, 2.05) is 75.0 Å². The Morgan fingerprint density at radius 2 is 1.76 bits per heavy atom. The summed E-state index contributed by atoms with van der Waals surface area (Å²) in [7, 11) is 3.98. The molecule has 2 heterocycles. The third kappa shape index (κ3) is 16.8. The van der Waals surface area contributed by atoms with Crippen molar-refractivity contribution in [3.63, 3.8) is 0 Å². The van der Waals surface area contributed by atoms with Crippen LogP contribution in [0.4, 0.5) is 18.9 Å². The van der Waals surface area contributed by atoms with Gasteiger partial charge in [0, 0.05) is 64.0 Å². The average molecular weight is 698 g/mol. The van der Waals surface area contributed by atoms with Crippen molar-refractivity contribution in [1.29, 1.82) is 0 Å².